The zero-order chi connectivity index (χ0) is 22.1. The Bertz CT molecular complexity index is 973. The van der Waals surface area contributed by atoms with Gasteiger partial charge in [0.2, 0.25) is 0 Å². The number of thioether (sulfide) groups is 1. The van der Waals surface area contributed by atoms with Gasteiger partial charge in [0.05, 0.1) is 6.61 Å². The second-order valence-corrected chi connectivity index (χ2v) is 8.09. The van der Waals surface area contributed by atoms with Gasteiger partial charge in [-0.15, -0.1) is 18.3 Å². The topological polar surface area (TPSA) is 29.5 Å². The molecule has 3 aromatic carbocycles. The third-order valence-corrected chi connectivity index (χ3v) is 6.08. The summed E-state index contributed by atoms with van der Waals surface area (Å²) in [6.07, 6.45) is 4.27. The van der Waals surface area contributed by atoms with E-state index in [1.54, 1.807) is 17.8 Å². The van der Waals surface area contributed by atoms with Crippen molar-refractivity contribution in [1.29, 1.82) is 0 Å². The predicted molar refractivity (Wildman–Crippen MR) is 130 cm³/mol. The smallest absolute Gasteiger partial charge is 0.337 e. The Morgan fingerprint density at radius 3 is 2.16 bits per heavy atom. The van der Waals surface area contributed by atoms with Gasteiger partial charge in [-0.05, 0) is 48.6 Å². The fourth-order valence-electron chi connectivity index (χ4n) is 3.84. The number of hydrogen-bond donors (Lipinski definition) is 0. The number of benzene rings is 3. The van der Waals surface area contributed by atoms with E-state index in [0.29, 0.717) is 19.6 Å². The van der Waals surface area contributed by atoms with Gasteiger partial charge in [0.15, 0.2) is 5.54 Å². The number of anilines is 1. The normalized spacial score (nSPS) is 12.6. The molecule has 4 heteroatoms. The molecule has 0 saturated carbocycles. The zero-order valence-corrected chi connectivity index (χ0v) is 19.0. The van der Waals surface area contributed by atoms with E-state index in [2.05, 4.69) is 35.7 Å². The van der Waals surface area contributed by atoms with Crippen molar-refractivity contribution in [3.63, 3.8) is 0 Å². The summed E-state index contributed by atoms with van der Waals surface area (Å²) in [7, 11) is 0. The average molecular weight is 432 g/mol. The van der Waals surface area contributed by atoms with Crippen LogP contribution < -0.4 is 4.90 Å². The maximum Gasteiger partial charge on any atom is 0.337 e. The first-order valence-electron chi connectivity index (χ1n) is 10.4. The Morgan fingerprint density at radius 1 is 1.00 bits per heavy atom. The lowest BCUT2D eigenvalue weighted by atomic mass is 9.83. The SMILES string of the molecule is C=CCC(C(=O)OCC)(c1ccc(SC)cc1)N(Cc1ccccc1)c1ccccc1. The average Bonchev–Trinajstić information content (AvgIpc) is 2.83. The number of esters is 1. The molecule has 0 heterocycles. The minimum atomic E-state index is -1.04. The molecule has 0 aliphatic rings. The number of para-hydroxylation sites is 1. The molecule has 0 aliphatic heterocycles. The van der Waals surface area contributed by atoms with Crippen LogP contribution in [0.2, 0.25) is 0 Å². The molecule has 0 bridgehead atoms. The number of nitrogens with zero attached hydrogens (tertiary/aromatic N) is 1. The largest absolute Gasteiger partial charge is 0.464 e. The number of hydrogen-bond acceptors (Lipinski definition) is 4. The first-order valence-corrected chi connectivity index (χ1v) is 11.7. The van der Waals surface area contributed by atoms with E-state index in [1.165, 1.54) is 0 Å². The van der Waals surface area contributed by atoms with Crippen LogP contribution in [0, 0.1) is 0 Å². The van der Waals surface area contributed by atoms with Gasteiger partial charge in [-0.25, -0.2) is 4.79 Å². The molecule has 0 aliphatic carbocycles. The third kappa shape index (κ3) is 5.02. The quantitative estimate of drug-likeness (QED) is 0.210. The van der Waals surface area contributed by atoms with Crippen molar-refractivity contribution < 1.29 is 9.53 Å². The van der Waals surface area contributed by atoms with Crippen LogP contribution in [0.25, 0.3) is 0 Å². The summed E-state index contributed by atoms with van der Waals surface area (Å²) in [6, 6.07) is 28.4. The lowest BCUT2D eigenvalue weighted by Gasteiger charge is -2.43. The van der Waals surface area contributed by atoms with Crippen LogP contribution in [0.4, 0.5) is 5.69 Å². The van der Waals surface area contributed by atoms with Crippen LogP contribution in [0.1, 0.15) is 24.5 Å². The second-order valence-electron chi connectivity index (χ2n) is 7.21. The zero-order valence-electron chi connectivity index (χ0n) is 18.2. The lowest BCUT2D eigenvalue weighted by Crippen LogP contribution is -2.52. The van der Waals surface area contributed by atoms with Crippen LogP contribution >= 0.6 is 11.8 Å². The van der Waals surface area contributed by atoms with Crippen LogP contribution in [0.5, 0.6) is 0 Å². The minimum absolute atomic E-state index is 0.272. The summed E-state index contributed by atoms with van der Waals surface area (Å²) >= 11 is 1.68. The molecule has 0 aromatic heterocycles. The van der Waals surface area contributed by atoms with E-state index >= 15 is 0 Å². The molecule has 0 spiro atoms. The highest BCUT2D eigenvalue weighted by Crippen LogP contribution is 2.40. The first kappa shape index (κ1) is 22.7. The molecular formula is C27H29NO2S. The second kappa shape index (κ2) is 10.9. The van der Waals surface area contributed by atoms with Crippen molar-refractivity contribution in [3.8, 4) is 0 Å². The van der Waals surface area contributed by atoms with Gasteiger partial charge in [0.25, 0.3) is 0 Å². The van der Waals surface area contributed by atoms with E-state index in [-0.39, 0.29) is 5.97 Å². The fourth-order valence-corrected chi connectivity index (χ4v) is 4.25. The Labute approximate surface area is 189 Å². The summed E-state index contributed by atoms with van der Waals surface area (Å²) in [5, 5.41) is 0. The summed E-state index contributed by atoms with van der Waals surface area (Å²) in [5.41, 5.74) is 1.93. The van der Waals surface area contributed by atoms with Crippen LogP contribution in [0.3, 0.4) is 0 Å². The van der Waals surface area contributed by atoms with Gasteiger partial charge < -0.3 is 9.64 Å². The number of ether oxygens (including phenoxy) is 1. The molecule has 0 N–H and O–H groups in total. The van der Waals surface area contributed by atoms with Crippen molar-refractivity contribution >= 4 is 23.4 Å². The Hall–Kier alpha value is -2.98. The first-order chi connectivity index (χ1) is 15.2. The van der Waals surface area contributed by atoms with Crippen molar-refractivity contribution in [1.82, 2.24) is 0 Å². The highest BCUT2D eigenvalue weighted by Gasteiger charge is 2.46. The highest BCUT2D eigenvalue weighted by molar-refractivity contribution is 7.98. The van der Waals surface area contributed by atoms with Crippen LogP contribution in [-0.2, 0) is 21.6 Å². The van der Waals surface area contributed by atoms with E-state index in [9.17, 15) is 4.79 Å². The summed E-state index contributed by atoms with van der Waals surface area (Å²) in [4.78, 5) is 17.0. The van der Waals surface area contributed by atoms with Gasteiger partial charge >= 0.3 is 5.97 Å². The molecule has 1 unspecified atom stereocenters. The van der Waals surface area contributed by atoms with Crippen molar-refractivity contribution in [3.05, 3.63) is 109 Å². The Balaban J connectivity index is 2.24. The molecule has 0 amide bonds. The van der Waals surface area contributed by atoms with E-state index < -0.39 is 5.54 Å². The van der Waals surface area contributed by atoms with E-state index in [0.717, 1.165) is 21.7 Å². The number of rotatable bonds is 10. The van der Waals surface area contributed by atoms with Gasteiger partial charge in [0, 0.05) is 23.5 Å². The predicted octanol–water partition coefficient (Wildman–Crippen LogP) is 6.45. The monoisotopic (exact) mass is 431 g/mol. The third-order valence-electron chi connectivity index (χ3n) is 5.33. The van der Waals surface area contributed by atoms with Gasteiger partial charge in [-0.3, -0.25) is 0 Å². The van der Waals surface area contributed by atoms with Crippen molar-refractivity contribution in [2.24, 2.45) is 0 Å². The summed E-state index contributed by atoms with van der Waals surface area (Å²) in [6.45, 7) is 6.71. The fraction of sp³-hybridized carbons (Fsp3) is 0.222. The van der Waals surface area contributed by atoms with Gasteiger partial charge in [0.1, 0.15) is 0 Å². The lowest BCUT2D eigenvalue weighted by molar-refractivity contribution is -0.150. The number of carbonyl (C=O) groups is 1. The molecule has 1 atom stereocenters. The van der Waals surface area contributed by atoms with E-state index in [4.69, 9.17) is 4.74 Å². The summed E-state index contributed by atoms with van der Waals surface area (Å²) < 4.78 is 5.68. The van der Waals surface area contributed by atoms with Crippen molar-refractivity contribution in [2.45, 2.75) is 30.3 Å². The Morgan fingerprint density at radius 2 is 1.61 bits per heavy atom. The Kier molecular flexibility index (Phi) is 7.96. The molecular weight excluding hydrogens is 402 g/mol. The van der Waals surface area contributed by atoms with Crippen LogP contribution in [-0.4, -0.2) is 18.8 Å². The highest BCUT2D eigenvalue weighted by atomic mass is 32.2. The number of carbonyl (C=O) groups excluding carboxylic acids is 1. The maximum atomic E-state index is 13.7. The van der Waals surface area contributed by atoms with Gasteiger partial charge in [-0.2, -0.15) is 0 Å². The van der Waals surface area contributed by atoms with Gasteiger partial charge in [-0.1, -0.05) is 66.7 Å². The molecule has 31 heavy (non-hydrogen) atoms. The molecule has 160 valence electrons. The maximum absolute atomic E-state index is 13.7. The van der Waals surface area contributed by atoms with Crippen molar-refractivity contribution in [2.75, 3.05) is 17.8 Å². The molecule has 0 fully saturated rings. The minimum Gasteiger partial charge on any atom is -0.464 e. The molecule has 3 aromatic rings. The van der Waals surface area contributed by atoms with E-state index in [1.807, 2.05) is 73.8 Å². The molecule has 0 saturated heterocycles. The molecule has 3 rings (SSSR count). The molecule has 3 nitrogen and oxygen atoms in total. The standard InChI is InChI=1S/C27H29NO2S/c1-4-20-27(26(29)30-5-2,23-16-18-25(31-3)19-17-23)28(24-14-10-7-11-15-24)21-22-12-8-6-9-13-22/h4,6-19H,1,5,20-21H2,2-3H3. The summed E-state index contributed by atoms with van der Waals surface area (Å²) in [5.74, 6) is -0.272. The molecule has 0 radical (unpaired) electrons. The van der Waals surface area contributed by atoms with Crippen LogP contribution in [0.15, 0.2) is 102 Å².